The predicted octanol–water partition coefficient (Wildman–Crippen LogP) is 1.94. The maximum absolute atomic E-state index is 12.3. The molecule has 6 nitrogen and oxygen atoms in total. The van der Waals surface area contributed by atoms with Crippen LogP contribution < -0.4 is 10.9 Å². The summed E-state index contributed by atoms with van der Waals surface area (Å²) >= 11 is 10.7. The maximum atomic E-state index is 12.3. The van der Waals surface area contributed by atoms with E-state index in [1.54, 1.807) is 14.1 Å². The van der Waals surface area contributed by atoms with Crippen molar-refractivity contribution in [3.05, 3.63) is 71.8 Å². The lowest BCUT2D eigenvalue weighted by atomic mass is 10.2. The van der Waals surface area contributed by atoms with Crippen molar-refractivity contribution in [1.82, 2.24) is 20.9 Å². The molecular formula is C18H22N4O2S3. The normalized spacial score (nSPS) is 11.0. The number of nitrogens with zero attached hydrogens (tertiary/aromatic N) is 2. The standard InChI is InChI=1S/C18H22N4O2S3/c1-21(17(25)15-9-5-3-6-10-15)19-13-27(23,24)14-20-22(2)18(26)16-11-7-4-8-12-16/h3-12,19-20H,13-14H2,1-2H3. The Morgan fingerprint density at radius 3 is 1.44 bits per heavy atom. The number of thiocarbonyl (C=S) groups is 2. The third-order valence-corrected chi connectivity index (χ3v) is 5.85. The zero-order chi connectivity index (χ0) is 19.9. The quantitative estimate of drug-likeness (QED) is 0.494. The number of rotatable bonds is 8. The molecule has 0 saturated heterocycles. The number of hydrogen-bond acceptors (Lipinski definition) is 6. The minimum atomic E-state index is -3.43. The average Bonchev–Trinajstić information content (AvgIpc) is 2.70. The summed E-state index contributed by atoms with van der Waals surface area (Å²) in [7, 11) is -0.0491. The number of hydrazine groups is 2. The molecule has 0 radical (unpaired) electrons. The molecule has 0 unspecified atom stereocenters. The highest BCUT2D eigenvalue weighted by Crippen LogP contribution is 2.04. The molecule has 0 amide bonds. The van der Waals surface area contributed by atoms with Crippen LogP contribution in [0, 0.1) is 0 Å². The molecule has 0 heterocycles. The molecule has 0 aliphatic rings. The summed E-state index contributed by atoms with van der Waals surface area (Å²) in [6, 6.07) is 18.8. The van der Waals surface area contributed by atoms with E-state index in [4.69, 9.17) is 24.4 Å². The molecule has 2 rings (SSSR count). The molecule has 2 aromatic carbocycles. The number of hydrogen-bond donors (Lipinski definition) is 2. The average molecular weight is 423 g/mol. The van der Waals surface area contributed by atoms with Gasteiger partial charge in [-0.1, -0.05) is 85.1 Å². The predicted molar refractivity (Wildman–Crippen MR) is 117 cm³/mol. The first-order valence-corrected chi connectivity index (χ1v) is 10.8. The van der Waals surface area contributed by atoms with Crippen molar-refractivity contribution >= 4 is 44.3 Å². The fourth-order valence-corrected chi connectivity index (χ4v) is 3.42. The Morgan fingerprint density at radius 2 is 1.11 bits per heavy atom. The summed E-state index contributed by atoms with van der Waals surface area (Å²) in [6.07, 6.45) is 0. The molecule has 2 aromatic rings. The van der Waals surface area contributed by atoms with Gasteiger partial charge in [0.05, 0.1) is 0 Å². The highest BCUT2D eigenvalue weighted by molar-refractivity contribution is 7.91. The van der Waals surface area contributed by atoms with Crippen LogP contribution in [0.2, 0.25) is 0 Å². The van der Waals surface area contributed by atoms with Crippen LogP contribution in [-0.2, 0) is 9.84 Å². The van der Waals surface area contributed by atoms with Gasteiger partial charge in [-0.2, -0.15) is 0 Å². The molecule has 2 N–H and O–H groups in total. The van der Waals surface area contributed by atoms with Crippen LogP contribution in [0.15, 0.2) is 60.7 Å². The molecule has 0 aliphatic carbocycles. The van der Waals surface area contributed by atoms with Crippen molar-refractivity contribution < 1.29 is 8.42 Å². The maximum Gasteiger partial charge on any atom is 0.179 e. The van der Waals surface area contributed by atoms with Crippen molar-refractivity contribution in [2.24, 2.45) is 0 Å². The smallest absolute Gasteiger partial charge is 0.179 e. The molecule has 0 fully saturated rings. The lowest BCUT2D eigenvalue weighted by molar-refractivity contribution is 0.387. The van der Waals surface area contributed by atoms with Crippen LogP contribution in [0.1, 0.15) is 11.1 Å². The number of benzene rings is 2. The zero-order valence-electron chi connectivity index (χ0n) is 15.1. The summed E-state index contributed by atoms with van der Waals surface area (Å²) in [5.41, 5.74) is 7.31. The summed E-state index contributed by atoms with van der Waals surface area (Å²) in [5, 5.41) is 3.06. The van der Waals surface area contributed by atoms with E-state index in [-0.39, 0.29) is 11.8 Å². The van der Waals surface area contributed by atoms with Gasteiger partial charge >= 0.3 is 0 Å². The van der Waals surface area contributed by atoms with E-state index in [0.717, 1.165) is 11.1 Å². The third kappa shape index (κ3) is 6.64. The van der Waals surface area contributed by atoms with Gasteiger partial charge in [0.15, 0.2) is 9.84 Å². The van der Waals surface area contributed by atoms with Crippen LogP contribution in [0.25, 0.3) is 0 Å². The van der Waals surface area contributed by atoms with Gasteiger partial charge in [0.2, 0.25) is 0 Å². The zero-order valence-corrected chi connectivity index (χ0v) is 17.6. The molecule has 0 atom stereocenters. The molecule has 0 saturated carbocycles. The summed E-state index contributed by atoms with van der Waals surface area (Å²) in [6.45, 7) is 0. The molecule has 9 heteroatoms. The van der Waals surface area contributed by atoms with Crippen molar-refractivity contribution in [3.63, 3.8) is 0 Å². The summed E-state index contributed by atoms with van der Waals surface area (Å²) in [4.78, 5) is 1.03. The first-order chi connectivity index (χ1) is 12.8. The van der Waals surface area contributed by atoms with Crippen LogP contribution in [-0.4, -0.2) is 54.3 Å². The Balaban J connectivity index is 1.84. The topological polar surface area (TPSA) is 64.7 Å². The highest BCUT2D eigenvalue weighted by atomic mass is 32.2. The number of sulfone groups is 1. The monoisotopic (exact) mass is 422 g/mol. The number of nitrogens with one attached hydrogen (secondary N) is 2. The van der Waals surface area contributed by atoms with E-state index in [2.05, 4.69) is 10.9 Å². The van der Waals surface area contributed by atoms with Crippen LogP contribution in [0.3, 0.4) is 0 Å². The minimum absolute atomic E-state index is 0.255. The Kier molecular flexibility index (Phi) is 7.81. The Bertz CT molecular complexity index is 806. The van der Waals surface area contributed by atoms with E-state index in [0.29, 0.717) is 9.98 Å². The van der Waals surface area contributed by atoms with E-state index in [1.807, 2.05) is 60.7 Å². The van der Waals surface area contributed by atoms with E-state index >= 15 is 0 Å². The largest absolute Gasteiger partial charge is 0.300 e. The van der Waals surface area contributed by atoms with Gasteiger partial charge in [-0.05, 0) is 0 Å². The van der Waals surface area contributed by atoms with Crippen molar-refractivity contribution in [2.45, 2.75) is 0 Å². The van der Waals surface area contributed by atoms with Gasteiger partial charge < -0.3 is 10.0 Å². The Hall–Kier alpha value is -1.91. The fourth-order valence-electron chi connectivity index (χ4n) is 2.13. The summed E-state index contributed by atoms with van der Waals surface area (Å²) < 4.78 is 24.6. The molecular weight excluding hydrogens is 400 g/mol. The van der Waals surface area contributed by atoms with Gasteiger partial charge in [0.1, 0.15) is 21.7 Å². The Morgan fingerprint density at radius 1 is 0.778 bits per heavy atom. The first-order valence-electron chi connectivity index (χ1n) is 8.14. The fraction of sp³-hybridized carbons (Fsp3) is 0.222. The second-order valence-corrected chi connectivity index (χ2v) is 8.65. The van der Waals surface area contributed by atoms with Gasteiger partial charge in [0, 0.05) is 25.2 Å². The van der Waals surface area contributed by atoms with Crippen LogP contribution in [0.4, 0.5) is 0 Å². The molecule has 0 bridgehead atoms. The van der Waals surface area contributed by atoms with Crippen molar-refractivity contribution in [3.8, 4) is 0 Å². The van der Waals surface area contributed by atoms with Gasteiger partial charge in [0.25, 0.3) is 0 Å². The van der Waals surface area contributed by atoms with Gasteiger partial charge in [-0.15, -0.1) is 0 Å². The van der Waals surface area contributed by atoms with Crippen molar-refractivity contribution in [2.75, 3.05) is 25.8 Å². The molecule has 27 heavy (non-hydrogen) atoms. The minimum Gasteiger partial charge on any atom is -0.300 e. The second kappa shape index (κ2) is 9.86. The molecule has 0 aromatic heterocycles. The lowest BCUT2D eigenvalue weighted by Crippen LogP contribution is -2.46. The van der Waals surface area contributed by atoms with E-state index < -0.39 is 9.84 Å². The highest BCUT2D eigenvalue weighted by Gasteiger charge is 2.15. The van der Waals surface area contributed by atoms with Crippen molar-refractivity contribution in [1.29, 1.82) is 0 Å². The lowest BCUT2D eigenvalue weighted by Gasteiger charge is -2.23. The molecule has 0 spiro atoms. The van der Waals surface area contributed by atoms with Crippen LogP contribution >= 0.6 is 24.4 Å². The van der Waals surface area contributed by atoms with Gasteiger partial charge in [-0.25, -0.2) is 19.3 Å². The first kappa shape index (κ1) is 21.4. The van der Waals surface area contributed by atoms with Crippen LogP contribution in [0.5, 0.6) is 0 Å². The molecule has 0 aliphatic heterocycles. The van der Waals surface area contributed by atoms with E-state index in [9.17, 15) is 8.42 Å². The Labute approximate surface area is 171 Å². The second-order valence-electron chi connectivity index (χ2n) is 5.81. The molecule has 144 valence electrons. The summed E-state index contributed by atoms with van der Waals surface area (Å²) in [5.74, 6) is -0.509. The van der Waals surface area contributed by atoms with E-state index in [1.165, 1.54) is 10.0 Å². The SMILES string of the molecule is CN(NCS(=O)(=O)CNN(C)C(=S)c1ccccc1)C(=S)c1ccccc1. The third-order valence-electron chi connectivity index (χ3n) is 3.69. The van der Waals surface area contributed by atoms with Gasteiger partial charge in [-0.3, -0.25) is 0 Å².